The molecule has 2 aromatic rings. The summed E-state index contributed by atoms with van der Waals surface area (Å²) in [5, 5.41) is 1.36. The number of pyridine rings is 1. The topological polar surface area (TPSA) is 29.9 Å². The Bertz CT molecular complexity index is 477. The van der Waals surface area contributed by atoms with Crippen LogP contribution in [0.3, 0.4) is 0 Å². The maximum Gasteiger partial charge on any atom is 0.176 e. The van der Waals surface area contributed by atoms with Crippen LogP contribution in [0.4, 0.5) is 5.69 Å². The van der Waals surface area contributed by atoms with E-state index >= 15 is 0 Å². The highest BCUT2D eigenvalue weighted by atomic mass is 35.5. The predicted molar refractivity (Wildman–Crippen MR) is 66.6 cm³/mol. The predicted octanol–water partition coefficient (Wildman–Crippen LogP) is -0.0846. The third-order valence-corrected chi connectivity index (χ3v) is 3.03. The van der Waals surface area contributed by atoms with Crippen molar-refractivity contribution in [1.82, 2.24) is 0 Å². The molecule has 1 aromatic carbocycles. The molecule has 0 aliphatic carbocycles. The summed E-state index contributed by atoms with van der Waals surface area (Å²) >= 11 is 12.2. The molecule has 0 saturated heterocycles. The molecule has 90 valence electrons. The number of hydrogen-bond acceptors (Lipinski definition) is 1. The number of benzene rings is 1. The van der Waals surface area contributed by atoms with Gasteiger partial charge in [0.05, 0.1) is 15.6 Å². The van der Waals surface area contributed by atoms with Gasteiger partial charge in [-0.25, -0.2) is 4.57 Å². The van der Waals surface area contributed by atoms with Gasteiger partial charge >= 0.3 is 0 Å². The maximum absolute atomic E-state index is 6.09. The Hall–Kier alpha value is -0.960. The maximum atomic E-state index is 6.09. The molecule has 0 atom stereocenters. The van der Waals surface area contributed by atoms with Gasteiger partial charge in [-0.15, -0.1) is 0 Å². The third-order valence-electron chi connectivity index (χ3n) is 2.32. The zero-order valence-electron chi connectivity index (χ0n) is 8.91. The van der Waals surface area contributed by atoms with E-state index < -0.39 is 0 Å². The number of rotatable bonds is 2. The van der Waals surface area contributed by atoms with Crippen molar-refractivity contribution in [2.24, 2.45) is 0 Å². The van der Waals surface area contributed by atoms with Crippen molar-refractivity contribution in [3.05, 3.63) is 58.3 Å². The quantitative estimate of drug-likeness (QED) is 0.770. The van der Waals surface area contributed by atoms with Gasteiger partial charge in [0.25, 0.3) is 0 Å². The molecule has 0 fully saturated rings. The highest BCUT2D eigenvalue weighted by Gasteiger charge is 2.10. The van der Waals surface area contributed by atoms with E-state index in [1.54, 1.807) is 0 Å². The molecular formula is C12H11Cl3N2. The van der Waals surface area contributed by atoms with Crippen molar-refractivity contribution in [2.75, 3.05) is 5.73 Å². The highest BCUT2D eigenvalue weighted by molar-refractivity contribution is 6.35. The summed E-state index contributed by atoms with van der Waals surface area (Å²) in [6.45, 7) is 0.638. The first-order chi connectivity index (χ1) is 7.66. The number of nitrogen functional groups attached to an aromatic ring is 1. The van der Waals surface area contributed by atoms with Crippen LogP contribution < -0.4 is 22.7 Å². The van der Waals surface area contributed by atoms with Crippen molar-refractivity contribution in [3.8, 4) is 0 Å². The fourth-order valence-electron chi connectivity index (χ4n) is 1.44. The van der Waals surface area contributed by atoms with Crippen LogP contribution in [0.1, 0.15) is 5.56 Å². The molecule has 0 aliphatic heterocycles. The van der Waals surface area contributed by atoms with E-state index in [0.29, 0.717) is 16.6 Å². The van der Waals surface area contributed by atoms with E-state index in [1.807, 2.05) is 47.3 Å². The summed E-state index contributed by atoms with van der Waals surface area (Å²) in [5.74, 6) is 0. The smallest absolute Gasteiger partial charge is 0.176 e. The molecule has 5 heteroatoms. The third kappa shape index (κ3) is 3.50. The lowest BCUT2D eigenvalue weighted by atomic mass is 10.2. The molecule has 0 radical (unpaired) electrons. The molecule has 0 unspecified atom stereocenters. The molecule has 0 aliphatic rings. The average molecular weight is 290 g/mol. The molecule has 17 heavy (non-hydrogen) atoms. The van der Waals surface area contributed by atoms with Gasteiger partial charge in [0, 0.05) is 17.8 Å². The lowest BCUT2D eigenvalue weighted by Crippen LogP contribution is -3.00. The SMILES string of the molecule is Nc1cc[n+](Cc2c(Cl)cccc2Cl)cc1.[Cl-]. The molecule has 0 bridgehead atoms. The lowest BCUT2D eigenvalue weighted by Gasteiger charge is -2.03. The van der Waals surface area contributed by atoms with Crippen molar-refractivity contribution in [1.29, 1.82) is 0 Å². The molecule has 0 amide bonds. The zero-order chi connectivity index (χ0) is 11.5. The van der Waals surface area contributed by atoms with Crippen LogP contribution in [-0.2, 0) is 6.54 Å². The normalized spacial score (nSPS) is 9.76. The van der Waals surface area contributed by atoms with Crippen molar-refractivity contribution in [2.45, 2.75) is 6.54 Å². The fraction of sp³-hybridized carbons (Fsp3) is 0.0833. The van der Waals surface area contributed by atoms with Crippen LogP contribution in [0.25, 0.3) is 0 Å². The standard InChI is InChI=1S/C12H10Cl2N2.ClH/c13-11-2-1-3-12(14)10(11)8-16-6-4-9(15)5-7-16;/h1-7,15H,8H2;1H. The first-order valence-electron chi connectivity index (χ1n) is 4.84. The number of nitrogens with zero attached hydrogens (tertiary/aromatic N) is 1. The molecule has 2 nitrogen and oxygen atoms in total. The van der Waals surface area contributed by atoms with Crippen molar-refractivity contribution >= 4 is 28.9 Å². The van der Waals surface area contributed by atoms with Crippen LogP contribution in [0.5, 0.6) is 0 Å². The Morgan fingerprint density at radius 3 is 2.06 bits per heavy atom. The Labute approximate surface area is 116 Å². The number of halogens is 3. The zero-order valence-corrected chi connectivity index (χ0v) is 11.2. The van der Waals surface area contributed by atoms with Crippen LogP contribution in [0, 0.1) is 0 Å². The molecular weight excluding hydrogens is 279 g/mol. The number of anilines is 1. The van der Waals surface area contributed by atoms with E-state index in [4.69, 9.17) is 28.9 Å². The van der Waals surface area contributed by atoms with Crippen LogP contribution >= 0.6 is 23.2 Å². The van der Waals surface area contributed by atoms with Gasteiger partial charge in [-0.3, -0.25) is 0 Å². The van der Waals surface area contributed by atoms with Crippen LogP contribution in [-0.4, -0.2) is 0 Å². The van der Waals surface area contributed by atoms with Gasteiger partial charge in [0.2, 0.25) is 0 Å². The highest BCUT2D eigenvalue weighted by Crippen LogP contribution is 2.23. The van der Waals surface area contributed by atoms with Gasteiger partial charge < -0.3 is 18.1 Å². The van der Waals surface area contributed by atoms with Gasteiger partial charge in [-0.1, -0.05) is 29.3 Å². The Morgan fingerprint density at radius 2 is 1.53 bits per heavy atom. The first kappa shape index (κ1) is 14.1. The van der Waals surface area contributed by atoms with E-state index in [0.717, 1.165) is 11.3 Å². The molecule has 2 rings (SSSR count). The van der Waals surface area contributed by atoms with E-state index in [2.05, 4.69) is 0 Å². The van der Waals surface area contributed by atoms with Gasteiger partial charge in [0.1, 0.15) is 0 Å². The fourth-order valence-corrected chi connectivity index (χ4v) is 1.96. The number of aromatic nitrogens is 1. The van der Waals surface area contributed by atoms with Crippen LogP contribution in [0.15, 0.2) is 42.7 Å². The molecule has 0 saturated carbocycles. The summed E-state index contributed by atoms with van der Waals surface area (Å²) in [6, 6.07) is 9.18. The molecule has 0 spiro atoms. The Balaban J connectivity index is 0.00000144. The number of nitrogens with two attached hydrogens (primary N) is 1. The number of hydrogen-bond donors (Lipinski definition) is 1. The minimum absolute atomic E-state index is 0. The van der Waals surface area contributed by atoms with E-state index in [-0.39, 0.29) is 12.4 Å². The Morgan fingerprint density at radius 1 is 1.00 bits per heavy atom. The molecule has 1 heterocycles. The summed E-state index contributed by atoms with van der Waals surface area (Å²) in [7, 11) is 0. The summed E-state index contributed by atoms with van der Waals surface area (Å²) in [6.07, 6.45) is 3.80. The average Bonchev–Trinajstić information content (AvgIpc) is 2.26. The van der Waals surface area contributed by atoms with Crippen molar-refractivity contribution in [3.63, 3.8) is 0 Å². The first-order valence-corrected chi connectivity index (χ1v) is 5.60. The van der Waals surface area contributed by atoms with Gasteiger partial charge in [0.15, 0.2) is 18.9 Å². The summed E-state index contributed by atoms with van der Waals surface area (Å²) < 4.78 is 1.98. The van der Waals surface area contributed by atoms with E-state index in [1.165, 1.54) is 0 Å². The second-order valence-electron chi connectivity index (χ2n) is 3.50. The summed E-state index contributed by atoms with van der Waals surface area (Å²) in [4.78, 5) is 0. The molecule has 1 aromatic heterocycles. The minimum atomic E-state index is 0. The summed E-state index contributed by atoms with van der Waals surface area (Å²) in [5.41, 5.74) is 7.27. The second-order valence-corrected chi connectivity index (χ2v) is 4.32. The van der Waals surface area contributed by atoms with Gasteiger partial charge in [-0.05, 0) is 12.1 Å². The van der Waals surface area contributed by atoms with E-state index in [9.17, 15) is 0 Å². The largest absolute Gasteiger partial charge is 1.00 e. The lowest BCUT2D eigenvalue weighted by molar-refractivity contribution is -0.688. The molecule has 2 N–H and O–H groups in total. The van der Waals surface area contributed by atoms with Crippen molar-refractivity contribution < 1.29 is 17.0 Å². The second kappa shape index (κ2) is 6.10. The Kier molecular flexibility index (Phi) is 5.06. The monoisotopic (exact) mass is 288 g/mol. The van der Waals surface area contributed by atoms with Crippen LogP contribution in [0.2, 0.25) is 10.0 Å². The minimum Gasteiger partial charge on any atom is -1.00 e. The van der Waals surface area contributed by atoms with Gasteiger partial charge in [-0.2, -0.15) is 0 Å².